The Bertz CT molecular complexity index is 590. The van der Waals surface area contributed by atoms with E-state index >= 15 is 0 Å². The van der Waals surface area contributed by atoms with Crippen LogP contribution in [0.15, 0.2) is 24.3 Å². The first-order chi connectivity index (χ1) is 12.1. The number of amides is 1. The standard InChI is InChI=1S/C20H30N2O3/c1-16-5-3-4-6-17(16)19(9-13-25-14-10-19)15-22-18(23)20(24-2)7-11-21-12-8-20/h3-6,21H,7-15H2,1-2H3,(H,22,23). The van der Waals surface area contributed by atoms with Crippen LogP contribution in [0.25, 0.3) is 0 Å². The SMILES string of the molecule is COC1(C(=O)NCC2(c3ccccc3C)CCOCC2)CCNCC1. The smallest absolute Gasteiger partial charge is 0.252 e. The lowest BCUT2D eigenvalue weighted by molar-refractivity contribution is -0.147. The van der Waals surface area contributed by atoms with E-state index in [9.17, 15) is 4.79 Å². The molecule has 0 atom stereocenters. The number of hydrogen-bond donors (Lipinski definition) is 2. The number of carbonyl (C=O) groups is 1. The second-order valence-electron chi connectivity index (χ2n) is 7.34. The average Bonchev–Trinajstić information content (AvgIpc) is 2.67. The van der Waals surface area contributed by atoms with Crippen LogP contribution in [0.2, 0.25) is 0 Å². The molecule has 2 N–H and O–H groups in total. The minimum Gasteiger partial charge on any atom is -0.381 e. The molecule has 25 heavy (non-hydrogen) atoms. The molecule has 138 valence electrons. The van der Waals surface area contributed by atoms with Gasteiger partial charge in [-0.3, -0.25) is 4.79 Å². The zero-order valence-electron chi connectivity index (χ0n) is 15.4. The Labute approximate surface area is 150 Å². The summed E-state index contributed by atoms with van der Waals surface area (Å²) in [4.78, 5) is 13.0. The van der Waals surface area contributed by atoms with Gasteiger partial charge in [-0.25, -0.2) is 0 Å². The number of rotatable bonds is 5. The van der Waals surface area contributed by atoms with E-state index in [1.165, 1.54) is 11.1 Å². The molecule has 1 amide bonds. The van der Waals surface area contributed by atoms with Crippen molar-refractivity contribution in [1.29, 1.82) is 0 Å². The summed E-state index contributed by atoms with van der Waals surface area (Å²) in [6.07, 6.45) is 3.30. The van der Waals surface area contributed by atoms with Crippen molar-refractivity contribution in [2.24, 2.45) is 0 Å². The molecule has 2 heterocycles. The second-order valence-corrected chi connectivity index (χ2v) is 7.34. The molecule has 0 saturated carbocycles. The van der Waals surface area contributed by atoms with Gasteiger partial charge >= 0.3 is 0 Å². The Morgan fingerprint density at radius 2 is 1.88 bits per heavy atom. The molecule has 1 aromatic rings. The predicted octanol–water partition coefficient (Wildman–Crippen LogP) is 1.93. The topological polar surface area (TPSA) is 59.6 Å². The van der Waals surface area contributed by atoms with Crippen LogP contribution >= 0.6 is 0 Å². The Morgan fingerprint density at radius 3 is 2.52 bits per heavy atom. The van der Waals surface area contributed by atoms with Gasteiger partial charge in [0.2, 0.25) is 0 Å². The third-order valence-electron chi connectivity index (χ3n) is 5.97. The summed E-state index contributed by atoms with van der Waals surface area (Å²) in [5, 5.41) is 6.53. The van der Waals surface area contributed by atoms with Crippen molar-refractivity contribution in [1.82, 2.24) is 10.6 Å². The van der Waals surface area contributed by atoms with Gasteiger partial charge in [0.15, 0.2) is 0 Å². The highest BCUT2D eigenvalue weighted by molar-refractivity contribution is 5.85. The van der Waals surface area contributed by atoms with Crippen LogP contribution in [0.3, 0.4) is 0 Å². The van der Waals surface area contributed by atoms with Gasteiger partial charge < -0.3 is 20.1 Å². The van der Waals surface area contributed by atoms with E-state index in [1.54, 1.807) is 7.11 Å². The van der Waals surface area contributed by atoms with E-state index in [0.29, 0.717) is 6.54 Å². The third-order valence-corrected chi connectivity index (χ3v) is 5.97. The molecule has 0 unspecified atom stereocenters. The van der Waals surface area contributed by atoms with Gasteiger partial charge in [-0.05, 0) is 56.8 Å². The van der Waals surface area contributed by atoms with Crippen LogP contribution in [0.1, 0.15) is 36.8 Å². The summed E-state index contributed by atoms with van der Waals surface area (Å²) in [6.45, 7) is 5.90. The van der Waals surface area contributed by atoms with Gasteiger partial charge in [-0.15, -0.1) is 0 Å². The molecular formula is C20H30N2O3. The van der Waals surface area contributed by atoms with Crippen molar-refractivity contribution in [3.8, 4) is 0 Å². The highest BCUT2D eigenvalue weighted by Gasteiger charge is 2.42. The summed E-state index contributed by atoms with van der Waals surface area (Å²) in [7, 11) is 1.65. The van der Waals surface area contributed by atoms with E-state index in [1.807, 2.05) is 0 Å². The lowest BCUT2D eigenvalue weighted by atomic mass is 9.72. The van der Waals surface area contributed by atoms with E-state index in [0.717, 1.165) is 52.0 Å². The zero-order chi connectivity index (χ0) is 17.8. The van der Waals surface area contributed by atoms with Crippen LogP contribution in [-0.2, 0) is 19.7 Å². The van der Waals surface area contributed by atoms with Gasteiger partial charge in [-0.2, -0.15) is 0 Å². The Morgan fingerprint density at radius 1 is 1.20 bits per heavy atom. The van der Waals surface area contributed by atoms with Crippen molar-refractivity contribution < 1.29 is 14.3 Å². The Kier molecular flexibility index (Phi) is 5.77. The Balaban J connectivity index is 1.77. The molecule has 2 aliphatic heterocycles. The molecule has 3 rings (SSSR count). The molecule has 1 aromatic carbocycles. The second kappa shape index (κ2) is 7.85. The lowest BCUT2D eigenvalue weighted by Crippen LogP contribution is -2.56. The molecule has 0 bridgehead atoms. The van der Waals surface area contributed by atoms with Crippen LogP contribution in [0, 0.1) is 6.92 Å². The zero-order valence-corrected chi connectivity index (χ0v) is 15.4. The highest BCUT2D eigenvalue weighted by atomic mass is 16.5. The van der Waals surface area contributed by atoms with Gasteiger partial charge in [0, 0.05) is 32.3 Å². The van der Waals surface area contributed by atoms with Gasteiger partial charge in [0.25, 0.3) is 5.91 Å². The van der Waals surface area contributed by atoms with Crippen molar-refractivity contribution >= 4 is 5.91 Å². The maximum absolute atomic E-state index is 13.0. The summed E-state index contributed by atoms with van der Waals surface area (Å²) >= 11 is 0. The highest BCUT2D eigenvalue weighted by Crippen LogP contribution is 2.36. The molecule has 0 aromatic heterocycles. The average molecular weight is 346 g/mol. The van der Waals surface area contributed by atoms with Gasteiger partial charge in [-0.1, -0.05) is 24.3 Å². The number of methoxy groups -OCH3 is 1. The van der Waals surface area contributed by atoms with Crippen molar-refractivity contribution in [2.45, 2.75) is 43.6 Å². The van der Waals surface area contributed by atoms with Gasteiger partial charge in [0.1, 0.15) is 5.60 Å². The number of hydrogen-bond acceptors (Lipinski definition) is 4. The fourth-order valence-electron chi connectivity index (χ4n) is 4.24. The maximum atomic E-state index is 13.0. The van der Waals surface area contributed by atoms with Crippen molar-refractivity contribution in [3.63, 3.8) is 0 Å². The number of piperidine rings is 1. The first-order valence-corrected chi connectivity index (χ1v) is 9.30. The number of benzene rings is 1. The van der Waals surface area contributed by atoms with Crippen LogP contribution in [0.5, 0.6) is 0 Å². The number of aryl methyl sites for hydroxylation is 1. The van der Waals surface area contributed by atoms with Crippen LogP contribution in [-0.4, -0.2) is 51.5 Å². The first kappa shape index (κ1) is 18.4. The summed E-state index contributed by atoms with van der Waals surface area (Å²) in [5.41, 5.74) is 1.86. The lowest BCUT2D eigenvalue weighted by Gasteiger charge is -2.41. The predicted molar refractivity (Wildman–Crippen MR) is 97.8 cm³/mol. The van der Waals surface area contributed by atoms with Crippen LogP contribution in [0.4, 0.5) is 0 Å². The first-order valence-electron chi connectivity index (χ1n) is 9.30. The summed E-state index contributed by atoms with van der Waals surface area (Å²) < 4.78 is 11.3. The minimum atomic E-state index is -0.691. The molecule has 5 nitrogen and oxygen atoms in total. The van der Waals surface area contributed by atoms with E-state index < -0.39 is 5.60 Å². The molecule has 5 heteroatoms. The van der Waals surface area contributed by atoms with E-state index in [-0.39, 0.29) is 11.3 Å². The number of nitrogens with one attached hydrogen (secondary N) is 2. The molecule has 0 aliphatic carbocycles. The van der Waals surface area contributed by atoms with Gasteiger partial charge in [0.05, 0.1) is 0 Å². The van der Waals surface area contributed by atoms with Crippen molar-refractivity contribution in [2.75, 3.05) is 40.0 Å². The van der Waals surface area contributed by atoms with E-state index in [4.69, 9.17) is 9.47 Å². The fraction of sp³-hybridized carbons (Fsp3) is 0.650. The molecule has 2 saturated heterocycles. The molecule has 2 aliphatic rings. The van der Waals surface area contributed by atoms with E-state index in [2.05, 4.69) is 41.8 Å². The monoisotopic (exact) mass is 346 g/mol. The molecular weight excluding hydrogens is 316 g/mol. The molecule has 2 fully saturated rings. The number of ether oxygens (including phenoxy) is 2. The van der Waals surface area contributed by atoms with Crippen molar-refractivity contribution in [3.05, 3.63) is 35.4 Å². The molecule has 0 radical (unpaired) electrons. The number of carbonyl (C=O) groups excluding carboxylic acids is 1. The maximum Gasteiger partial charge on any atom is 0.252 e. The van der Waals surface area contributed by atoms with Crippen LogP contribution < -0.4 is 10.6 Å². The Hall–Kier alpha value is -1.43. The molecule has 0 spiro atoms. The quantitative estimate of drug-likeness (QED) is 0.855. The third kappa shape index (κ3) is 3.73. The minimum absolute atomic E-state index is 0.0240. The largest absolute Gasteiger partial charge is 0.381 e. The summed E-state index contributed by atoms with van der Waals surface area (Å²) in [6, 6.07) is 8.51. The summed E-state index contributed by atoms with van der Waals surface area (Å²) in [5.74, 6) is 0.0240. The fourth-order valence-corrected chi connectivity index (χ4v) is 4.24. The normalized spacial score (nSPS) is 22.3.